The zero-order valence-corrected chi connectivity index (χ0v) is 17.4. The number of benzene rings is 2. The summed E-state index contributed by atoms with van der Waals surface area (Å²) in [6, 6.07) is 14.1. The van der Waals surface area contributed by atoms with E-state index in [-0.39, 0.29) is 37.3 Å². The molecule has 3 rings (SSSR count). The van der Waals surface area contributed by atoms with Gasteiger partial charge >= 0.3 is 0 Å². The second-order valence-corrected chi connectivity index (χ2v) is 7.61. The molecule has 0 saturated carbocycles. The molecule has 0 radical (unpaired) electrons. The van der Waals surface area contributed by atoms with Gasteiger partial charge in [0.15, 0.2) is 12.4 Å². The van der Waals surface area contributed by atoms with Crippen LogP contribution in [0.2, 0.25) is 0 Å². The lowest BCUT2D eigenvalue weighted by Gasteiger charge is -2.33. The summed E-state index contributed by atoms with van der Waals surface area (Å²) >= 11 is 0. The Bertz CT molecular complexity index is 927. The first-order valence-corrected chi connectivity index (χ1v) is 10.1. The Hall–Kier alpha value is -3.23. The summed E-state index contributed by atoms with van der Waals surface area (Å²) in [6.45, 7) is 2.34. The van der Waals surface area contributed by atoms with E-state index in [1.54, 1.807) is 43.3 Å². The zero-order chi connectivity index (χ0) is 22.4. The van der Waals surface area contributed by atoms with Gasteiger partial charge in [-0.05, 0) is 35.4 Å². The number of nitrogens with zero attached hydrogens (tertiary/aromatic N) is 1. The summed E-state index contributed by atoms with van der Waals surface area (Å²) in [5.41, 5.74) is 7.96. The molecule has 2 aromatic rings. The number of nitrogens with one attached hydrogen (secondary N) is 1. The van der Waals surface area contributed by atoms with Gasteiger partial charge in [-0.1, -0.05) is 31.2 Å². The Kier molecular flexibility index (Phi) is 7.38. The van der Waals surface area contributed by atoms with E-state index < -0.39 is 12.0 Å². The average molecular weight is 425 g/mol. The number of nitrogens with two attached hydrogens (primary N) is 1. The molecule has 164 valence electrons. The highest BCUT2D eigenvalue weighted by molar-refractivity contribution is 5.94. The van der Waals surface area contributed by atoms with Crippen molar-refractivity contribution in [2.45, 2.75) is 26.1 Å². The summed E-state index contributed by atoms with van der Waals surface area (Å²) in [7, 11) is 0. The Morgan fingerprint density at radius 2 is 1.77 bits per heavy atom. The smallest absolute Gasteiger partial charge is 0.260 e. The van der Waals surface area contributed by atoms with E-state index in [2.05, 4.69) is 5.32 Å². The van der Waals surface area contributed by atoms with Crippen LogP contribution in [0.15, 0.2) is 48.5 Å². The number of piperidine rings is 1. The Labute approximate surface area is 181 Å². The number of Topliss-reactive ketones (excluding diaryl/α,β-unsaturated/α-hetero) is 1. The van der Waals surface area contributed by atoms with E-state index in [0.717, 1.165) is 11.1 Å². The minimum Gasteiger partial charge on any atom is -0.484 e. The van der Waals surface area contributed by atoms with Gasteiger partial charge in [-0.2, -0.15) is 0 Å². The Morgan fingerprint density at radius 1 is 1.13 bits per heavy atom. The quantitative estimate of drug-likeness (QED) is 0.605. The van der Waals surface area contributed by atoms with Crippen molar-refractivity contribution < 1.29 is 24.2 Å². The normalized spacial score (nSPS) is 18.5. The molecule has 1 saturated heterocycles. The van der Waals surface area contributed by atoms with Crippen molar-refractivity contribution in [3.8, 4) is 5.75 Å². The topological polar surface area (TPSA) is 122 Å². The van der Waals surface area contributed by atoms with Gasteiger partial charge in [0.25, 0.3) is 11.8 Å². The fourth-order valence-electron chi connectivity index (χ4n) is 3.20. The second kappa shape index (κ2) is 10.2. The van der Waals surface area contributed by atoms with E-state index in [1.165, 1.54) is 4.90 Å². The number of hydrogen-bond donors (Lipinski definition) is 3. The molecule has 2 aromatic carbocycles. The number of aliphatic hydroxyl groups is 1. The predicted octanol–water partition coefficient (Wildman–Crippen LogP) is 0.862. The summed E-state index contributed by atoms with van der Waals surface area (Å²) in [6.07, 6.45) is -0.849. The van der Waals surface area contributed by atoms with E-state index in [4.69, 9.17) is 10.5 Å². The largest absolute Gasteiger partial charge is 0.484 e. The third-order valence-corrected chi connectivity index (χ3v) is 5.38. The molecule has 4 N–H and O–H groups in total. The lowest BCUT2D eigenvalue weighted by Crippen LogP contribution is -2.52. The van der Waals surface area contributed by atoms with Crippen LogP contribution in [0.1, 0.15) is 28.4 Å². The maximum Gasteiger partial charge on any atom is 0.260 e. The predicted molar refractivity (Wildman–Crippen MR) is 114 cm³/mol. The number of ketones is 1. The van der Waals surface area contributed by atoms with Crippen LogP contribution in [0.3, 0.4) is 0 Å². The third kappa shape index (κ3) is 5.90. The van der Waals surface area contributed by atoms with Crippen molar-refractivity contribution in [3.05, 3.63) is 65.2 Å². The molecule has 31 heavy (non-hydrogen) atoms. The number of amides is 2. The van der Waals surface area contributed by atoms with Crippen molar-refractivity contribution in [1.29, 1.82) is 0 Å². The van der Waals surface area contributed by atoms with Crippen molar-refractivity contribution in [3.63, 3.8) is 0 Å². The van der Waals surface area contributed by atoms with Crippen molar-refractivity contribution in [2.24, 2.45) is 11.7 Å². The summed E-state index contributed by atoms with van der Waals surface area (Å²) in [5.74, 6) is -0.645. The highest BCUT2D eigenvalue weighted by Crippen LogP contribution is 2.16. The van der Waals surface area contributed by atoms with Crippen LogP contribution in [-0.4, -0.2) is 53.4 Å². The SMILES string of the molecule is CC1C(=O)CN(C(=O)COc2ccc(CNC(=O)c3ccc(CN)cc3)cc2)CC1O. The molecule has 0 aliphatic carbocycles. The minimum atomic E-state index is -0.849. The van der Waals surface area contributed by atoms with Gasteiger partial charge < -0.3 is 25.8 Å². The maximum absolute atomic E-state index is 12.3. The molecule has 8 nitrogen and oxygen atoms in total. The van der Waals surface area contributed by atoms with Gasteiger partial charge in [0.2, 0.25) is 0 Å². The number of carbonyl (C=O) groups excluding carboxylic acids is 3. The van der Waals surface area contributed by atoms with Gasteiger partial charge in [-0.15, -0.1) is 0 Å². The molecule has 1 heterocycles. The first kappa shape index (κ1) is 22.5. The van der Waals surface area contributed by atoms with Crippen LogP contribution >= 0.6 is 0 Å². The average Bonchev–Trinajstić information content (AvgIpc) is 2.79. The molecule has 1 aliphatic heterocycles. The van der Waals surface area contributed by atoms with E-state index in [0.29, 0.717) is 24.4 Å². The summed E-state index contributed by atoms with van der Waals surface area (Å²) < 4.78 is 5.51. The Morgan fingerprint density at radius 3 is 2.39 bits per heavy atom. The van der Waals surface area contributed by atoms with Crippen LogP contribution in [0.25, 0.3) is 0 Å². The molecule has 2 atom stereocenters. The van der Waals surface area contributed by atoms with Crippen LogP contribution in [0, 0.1) is 5.92 Å². The minimum absolute atomic E-state index is 0.00595. The second-order valence-electron chi connectivity index (χ2n) is 7.61. The fraction of sp³-hybridized carbons (Fsp3) is 0.348. The molecular weight excluding hydrogens is 398 g/mol. The molecule has 8 heteroatoms. The first-order chi connectivity index (χ1) is 14.9. The maximum atomic E-state index is 12.3. The third-order valence-electron chi connectivity index (χ3n) is 5.38. The van der Waals surface area contributed by atoms with Crippen molar-refractivity contribution in [2.75, 3.05) is 19.7 Å². The zero-order valence-electron chi connectivity index (χ0n) is 17.4. The fourth-order valence-corrected chi connectivity index (χ4v) is 3.20. The van der Waals surface area contributed by atoms with Gasteiger partial charge in [-0.3, -0.25) is 14.4 Å². The number of likely N-dealkylation sites (tertiary alicyclic amines) is 1. The number of aliphatic hydroxyl groups excluding tert-OH is 1. The molecule has 2 unspecified atom stereocenters. The monoisotopic (exact) mass is 425 g/mol. The molecule has 1 aliphatic rings. The number of ether oxygens (including phenoxy) is 1. The molecule has 2 amide bonds. The van der Waals surface area contributed by atoms with Crippen molar-refractivity contribution in [1.82, 2.24) is 10.2 Å². The van der Waals surface area contributed by atoms with E-state index >= 15 is 0 Å². The lowest BCUT2D eigenvalue weighted by atomic mass is 9.95. The number of hydrogen-bond acceptors (Lipinski definition) is 6. The standard InChI is InChI=1S/C23H27N3O5/c1-15-20(27)12-26(13-21(15)28)22(29)14-31-19-8-4-17(5-9-19)11-25-23(30)18-6-2-16(10-24)3-7-18/h2-9,15,20,27H,10-14,24H2,1H3,(H,25,30). The highest BCUT2D eigenvalue weighted by atomic mass is 16.5. The lowest BCUT2D eigenvalue weighted by molar-refractivity contribution is -0.146. The van der Waals surface area contributed by atoms with Gasteiger partial charge in [0, 0.05) is 31.1 Å². The first-order valence-electron chi connectivity index (χ1n) is 10.1. The summed E-state index contributed by atoms with van der Waals surface area (Å²) in [4.78, 5) is 37.6. The number of carbonyl (C=O) groups is 3. The van der Waals surface area contributed by atoms with Crippen LogP contribution in [0.5, 0.6) is 5.75 Å². The van der Waals surface area contributed by atoms with E-state index in [9.17, 15) is 19.5 Å². The van der Waals surface area contributed by atoms with Crippen LogP contribution in [0.4, 0.5) is 0 Å². The highest BCUT2D eigenvalue weighted by Gasteiger charge is 2.33. The van der Waals surface area contributed by atoms with Gasteiger partial charge in [0.05, 0.1) is 12.6 Å². The van der Waals surface area contributed by atoms with Crippen LogP contribution in [-0.2, 0) is 22.7 Å². The van der Waals surface area contributed by atoms with Gasteiger partial charge in [0.1, 0.15) is 5.75 Å². The molecule has 0 spiro atoms. The van der Waals surface area contributed by atoms with Crippen molar-refractivity contribution >= 4 is 17.6 Å². The molecule has 1 fully saturated rings. The Balaban J connectivity index is 1.46. The molecule has 0 bridgehead atoms. The molecule has 0 aromatic heterocycles. The van der Waals surface area contributed by atoms with Crippen LogP contribution < -0.4 is 15.8 Å². The van der Waals surface area contributed by atoms with Gasteiger partial charge in [-0.25, -0.2) is 0 Å². The summed E-state index contributed by atoms with van der Waals surface area (Å²) in [5, 5.41) is 12.7. The number of rotatable bonds is 7. The number of β-amino-alcohol motifs (C(OH)–C–C–N with tert-alkyl or cyclic N) is 1. The molecular formula is C23H27N3O5. The van der Waals surface area contributed by atoms with E-state index in [1.807, 2.05) is 12.1 Å².